The largest absolute Gasteiger partial charge is 0.381 e. The molecule has 1 N–H and O–H groups in total. The second-order valence-corrected chi connectivity index (χ2v) is 5.20. The molecule has 2 aromatic rings. The highest BCUT2D eigenvalue weighted by molar-refractivity contribution is 6.06. The predicted molar refractivity (Wildman–Crippen MR) is 77.6 cm³/mol. The van der Waals surface area contributed by atoms with Crippen molar-refractivity contribution in [2.24, 2.45) is 5.92 Å². The van der Waals surface area contributed by atoms with E-state index in [0.29, 0.717) is 18.0 Å². The van der Waals surface area contributed by atoms with Gasteiger partial charge in [-0.15, -0.1) is 0 Å². The van der Waals surface area contributed by atoms with Crippen LogP contribution < -0.4 is 5.32 Å². The first-order chi connectivity index (χ1) is 9.84. The summed E-state index contributed by atoms with van der Waals surface area (Å²) in [4.78, 5) is 16.5. The molecule has 1 aromatic carbocycles. The van der Waals surface area contributed by atoms with Crippen molar-refractivity contribution < 1.29 is 9.53 Å². The molecule has 0 bridgehead atoms. The number of fused-ring (bicyclic) bond motifs is 1. The third kappa shape index (κ3) is 2.80. The summed E-state index contributed by atoms with van der Waals surface area (Å²) in [6.45, 7) is 2.26. The molecule has 4 nitrogen and oxygen atoms in total. The first-order valence-electron chi connectivity index (χ1n) is 7.03. The Kier molecular flexibility index (Phi) is 3.92. The molecule has 1 unspecified atom stereocenters. The van der Waals surface area contributed by atoms with E-state index in [0.717, 1.165) is 36.8 Å². The highest BCUT2D eigenvalue weighted by Crippen LogP contribution is 2.17. The lowest BCUT2D eigenvalue weighted by molar-refractivity contribution is 0.0536. The standard InChI is InChI=1S/C16H18N2O2/c19-16(18-8-12-4-3-7-20-11-12)15-10-17-9-13-5-1-2-6-14(13)15/h1-2,5-6,9-10,12H,3-4,7-8,11H2,(H,18,19). The Bertz CT molecular complexity index is 601. The molecule has 4 heteroatoms. The third-order valence-electron chi connectivity index (χ3n) is 3.72. The molecule has 20 heavy (non-hydrogen) atoms. The Morgan fingerprint density at radius 1 is 1.35 bits per heavy atom. The number of carbonyl (C=O) groups is 1. The van der Waals surface area contributed by atoms with Crippen LogP contribution >= 0.6 is 0 Å². The van der Waals surface area contributed by atoms with Gasteiger partial charge in [-0.1, -0.05) is 24.3 Å². The Morgan fingerprint density at radius 2 is 2.25 bits per heavy atom. The number of ether oxygens (including phenoxy) is 1. The zero-order valence-corrected chi connectivity index (χ0v) is 11.3. The molecule has 0 aliphatic carbocycles. The molecule has 1 fully saturated rings. The van der Waals surface area contributed by atoms with Gasteiger partial charge in [-0.25, -0.2) is 0 Å². The average Bonchev–Trinajstić information content (AvgIpc) is 2.53. The average molecular weight is 270 g/mol. The number of hydrogen-bond acceptors (Lipinski definition) is 3. The van der Waals surface area contributed by atoms with E-state index in [1.807, 2.05) is 24.3 Å². The van der Waals surface area contributed by atoms with Crippen LogP contribution in [-0.2, 0) is 4.74 Å². The summed E-state index contributed by atoms with van der Waals surface area (Å²) in [6, 6.07) is 7.81. The van der Waals surface area contributed by atoms with Gasteiger partial charge in [0, 0.05) is 30.9 Å². The summed E-state index contributed by atoms with van der Waals surface area (Å²) in [5.74, 6) is 0.371. The van der Waals surface area contributed by atoms with Gasteiger partial charge in [-0.05, 0) is 24.1 Å². The number of carbonyl (C=O) groups excluding carboxylic acids is 1. The summed E-state index contributed by atoms with van der Waals surface area (Å²) in [7, 11) is 0. The Balaban J connectivity index is 1.72. The van der Waals surface area contributed by atoms with Gasteiger partial charge in [-0.3, -0.25) is 9.78 Å². The van der Waals surface area contributed by atoms with Gasteiger partial charge in [0.1, 0.15) is 0 Å². The maximum absolute atomic E-state index is 12.3. The van der Waals surface area contributed by atoms with Crippen LogP contribution in [0.5, 0.6) is 0 Å². The van der Waals surface area contributed by atoms with Crippen LogP contribution in [0.1, 0.15) is 23.2 Å². The molecule has 1 aliphatic heterocycles. The summed E-state index contributed by atoms with van der Waals surface area (Å²) in [6.07, 6.45) is 5.61. The van der Waals surface area contributed by atoms with Crippen LogP contribution in [0.3, 0.4) is 0 Å². The minimum absolute atomic E-state index is 0.0557. The summed E-state index contributed by atoms with van der Waals surface area (Å²) < 4.78 is 5.43. The highest BCUT2D eigenvalue weighted by Gasteiger charge is 2.16. The maximum atomic E-state index is 12.3. The SMILES string of the molecule is O=C(NCC1CCCOC1)c1cncc2ccccc12. The second-order valence-electron chi connectivity index (χ2n) is 5.20. The number of rotatable bonds is 3. The maximum Gasteiger partial charge on any atom is 0.253 e. The molecule has 0 radical (unpaired) electrons. The fourth-order valence-electron chi connectivity index (χ4n) is 2.60. The van der Waals surface area contributed by atoms with Crippen LogP contribution in [0.4, 0.5) is 0 Å². The molecule has 1 saturated heterocycles. The molecule has 0 spiro atoms. The topological polar surface area (TPSA) is 51.2 Å². The number of benzene rings is 1. The van der Waals surface area contributed by atoms with Gasteiger partial charge in [0.15, 0.2) is 0 Å². The van der Waals surface area contributed by atoms with Crippen LogP contribution in [-0.4, -0.2) is 30.6 Å². The normalized spacial score (nSPS) is 18.9. The number of pyridine rings is 1. The fourth-order valence-corrected chi connectivity index (χ4v) is 2.60. The molecule has 1 aliphatic rings. The van der Waals surface area contributed by atoms with Crippen LogP contribution in [0.2, 0.25) is 0 Å². The molecule has 0 saturated carbocycles. The second kappa shape index (κ2) is 6.01. The molecule has 1 amide bonds. The monoisotopic (exact) mass is 270 g/mol. The van der Waals surface area contributed by atoms with E-state index >= 15 is 0 Å². The van der Waals surface area contributed by atoms with Crippen LogP contribution in [0, 0.1) is 5.92 Å². The van der Waals surface area contributed by atoms with Crippen molar-refractivity contribution in [2.45, 2.75) is 12.8 Å². The number of nitrogens with one attached hydrogen (secondary N) is 1. The summed E-state index contributed by atoms with van der Waals surface area (Å²) in [5, 5.41) is 4.93. The highest BCUT2D eigenvalue weighted by atomic mass is 16.5. The van der Waals surface area contributed by atoms with E-state index in [-0.39, 0.29) is 5.91 Å². The molecule has 1 atom stereocenters. The number of amides is 1. The van der Waals surface area contributed by atoms with E-state index in [4.69, 9.17) is 4.74 Å². The Hall–Kier alpha value is -1.94. The smallest absolute Gasteiger partial charge is 0.253 e. The minimum Gasteiger partial charge on any atom is -0.381 e. The van der Waals surface area contributed by atoms with Gasteiger partial charge in [0.05, 0.1) is 12.2 Å². The summed E-state index contributed by atoms with van der Waals surface area (Å²) >= 11 is 0. The molecule has 104 valence electrons. The van der Waals surface area contributed by atoms with E-state index < -0.39 is 0 Å². The molecular weight excluding hydrogens is 252 g/mol. The molecule has 1 aromatic heterocycles. The van der Waals surface area contributed by atoms with E-state index in [1.54, 1.807) is 12.4 Å². The van der Waals surface area contributed by atoms with Gasteiger partial charge in [-0.2, -0.15) is 0 Å². The first kappa shape index (κ1) is 13.1. The number of nitrogens with zero attached hydrogens (tertiary/aromatic N) is 1. The van der Waals surface area contributed by atoms with Crippen LogP contribution in [0.25, 0.3) is 10.8 Å². The Morgan fingerprint density at radius 3 is 3.10 bits per heavy atom. The number of hydrogen-bond donors (Lipinski definition) is 1. The van der Waals surface area contributed by atoms with Crippen molar-refractivity contribution in [1.29, 1.82) is 0 Å². The van der Waals surface area contributed by atoms with Crippen molar-refractivity contribution in [1.82, 2.24) is 10.3 Å². The van der Waals surface area contributed by atoms with Gasteiger partial charge in [0.2, 0.25) is 0 Å². The van der Waals surface area contributed by atoms with E-state index in [2.05, 4.69) is 10.3 Å². The zero-order valence-electron chi connectivity index (χ0n) is 11.3. The zero-order chi connectivity index (χ0) is 13.8. The molecular formula is C16H18N2O2. The lowest BCUT2D eigenvalue weighted by Gasteiger charge is -2.22. The quantitative estimate of drug-likeness (QED) is 0.931. The Labute approximate surface area is 118 Å². The van der Waals surface area contributed by atoms with E-state index in [9.17, 15) is 4.79 Å². The van der Waals surface area contributed by atoms with E-state index in [1.165, 1.54) is 0 Å². The van der Waals surface area contributed by atoms with Crippen molar-refractivity contribution in [2.75, 3.05) is 19.8 Å². The lowest BCUT2D eigenvalue weighted by atomic mass is 10.0. The van der Waals surface area contributed by atoms with Crippen LogP contribution in [0.15, 0.2) is 36.7 Å². The van der Waals surface area contributed by atoms with Gasteiger partial charge < -0.3 is 10.1 Å². The fraction of sp³-hybridized carbons (Fsp3) is 0.375. The third-order valence-corrected chi connectivity index (χ3v) is 3.72. The van der Waals surface area contributed by atoms with Crippen molar-refractivity contribution in [3.8, 4) is 0 Å². The van der Waals surface area contributed by atoms with Crippen molar-refractivity contribution in [3.05, 3.63) is 42.2 Å². The van der Waals surface area contributed by atoms with Crippen molar-refractivity contribution >= 4 is 16.7 Å². The van der Waals surface area contributed by atoms with Crippen molar-refractivity contribution in [3.63, 3.8) is 0 Å². The van der Waals surface area contributed by atoms with Gasteiger partial charge >= 0.3 is 0 Å². The molecule has 2 heterocycles. The summed E-state index contributed by atoms with van der Waals surface area (Å²) in [5.41, 5.74) is 0.639. The molecule has 3 rings (SSSR count). The number of aromatic nitrogens is 1. The minimum atomic E-state index is -0.0557. The predicted octanol–water partition coefficient (Wildman–Crippen LogP) is 2.39. The van der Waals surface area contributed by atoms with Gasteiger partial charge in [0.25, 0.3) is 5.91 Å². The lowest BCUT2D eigenvalue weighted by Crippen LogP contribution is -2.33. The first-order valence-corrected chi connectivity index (χ1v) is 7.03.